The number of halogens is 1. The molecule has 1 aromatic carbocycles. The van der Waals surface area contributed by atoms with Crippen LogP contribution in [0.4, 0.5) is 0 Å². The summed E-state index contributed by atoms with van der Waals surface area (Å²) in [7, 11) is 4.21. The van der Waals surface area contributed by atoms with Gasteiger partial charge in [0.25, 0.3) is 0 Å². The first kappa shape index (κ1) is 17.7. The van der Waals surface area contributed by atoms with Crippen LogP contribution >= 0.6 is 11.6 Å². The van der Waals surface area contributed by atoms with Crippen molar-refractivity contribution in [1.82, 2.24) is 0 Å². The van der Waals surface area contributed by atoms with E-state index in [2.05, 4.69) is 19.4 Å². The molecule has 0 saturated heterocycles. The topological polar surface area (TPSA) is 64.4 Å². The number of hydrogen-bond acceptors (Lipinski definition) is 3. The molecule has 0 aliphatic rings. The van der Waals surface area contributed by atoms with Gasteiger partial charge in [-0.2, -0.15) is 0 Å². The Hall–Kier alpha value is -2.08. The maximum atomic E-state index is 11.9. The number of rotatable bonds is 6. The van der Waals surface area contributed by atoms with Crippen molar-refractivity contribution in [2.45, 2.75) is 19.5 Å². The van der Waals surface area contributed by atoms with Crippen LogP contribution in [0.15, 0.2) is 50.2 Å². The van der Waals surface area contributed by atoms with Gasteiger partial charge in [0, 0.05) is 22.0 Å². The van der Waals surface area contributed by atoms with Gasteiger partial charge in [-0.3, -0.25) is 0 Å². The average Bonchev–Trinajstić information content (AvgIpc) is 3.06. The number of fused-ring (bicyclic) bond motifs is 1. The highest BCUT2D eigenvalue weighted by molar-refractivity contribution is 6.32. The van der Waals surface area contributed by atoms with Crippen molar-refractivity contribution in [2.24, 2.45) is 0 Å². The Bertz CT molecular complexity index is 916. The Morgan fingerprint density at radius 1 is 1.28 bits per heavy atom. The van der Waals surface area contributed by atoms with Gasteiger partial charge in [0.1, 0.15) is 18.7 Å². The smallest absolute Gasteiger partial charge is 0.336 e. The SMILES string of the molecule is Cc1cc2oc(=O)cc(C[NH2+]C[C@H](c3ccco3)[NH+](C)C)c2cc1Cl. The zero-order valence-corrected chi connectivity index (χ0v) is 15.4. The van der Waals surface area contributed by atoms with Crippen molar-refractivity contribution in [3.63, 3.8) is 0 Å². The molecule has 0 saturated carbocycles. The molecule has 3 aromatic rings. The second-order valence-electron chi connectivity index (χ2n) is 6.56. The van der Waals surface area contributed by atoms with Gasteiger partial charge in [-0.1, -0.05) is 11.6 Å². The van der Waals surface area contributed by atoms with Crippen LogP contribution in [0.2, 0.25) is 5.02 Å². The Kier molecular flexibility index (Phi) is 5.27. The number of benzene rings is 1. The van der Waals surface area contributed by atoms with Crippen LogP contribution in [0.25, 0.3) is 11.0 Å². The molecule has 0 spiro atoms. The number of aryl methyl sites for hydroxylation is 1. The van der Waals surface area contributed by atoms with Crippen LogP contribution < -0.4 is 15.8 Å². The second-order valence-corrected chi connectivity index (χ2v) is 6.97. The van der Waals surface area contributed by atoms with Crippen molar-refractivity contribution in [3.8, 4) is 0 Å². The molecule has 1 atom stereocenters. The zero-order chi connectivity index (χ0) is 18.0. The minimum atomic E-state index is -0.335. The van der Waals surface area contributed by atoms with E-state index in [9.17, 15) is 4.79 Å². The average molecular weight is 363 g/mol. The summed E-state index contributed by atoms with van der Waals surface area (Å²) in [5, 5.41) is 3.74. The Morgan fingerprint density at radius 2 is 2.08 bits per heavy atom. The lowest BCUT2D eigenvalue weighted by atomic mass is 10.1. The van der Waals surface area contributed by atoms with Gasteiger partial charge < -0.3 is 19.1 Å². The summed E-state index contributed by atoms with van der Waals surface area (Å²) in [6.45, 7) is 3.41. The highest BCUT2D eigenvalue weighted by Gasteiger charge is 2.22. The number of furan rings is 1. The fraction of sp³-hybridized carbons (Fsp3) is 0.316. The lowest BCUT2D eigenvalue weighted by Gasteiger charge is -2.18. The van der Waals surface area contributed by atoms with Crippen molar-refractivity contribution >= 4 is 22.6 Å². The Labute approximate surface area is 151 Å². The van der Waals surface area contributed by atoms with E-state index < -0.39 is 0 Å². The molecule has 6 heteroatoms. The molecule has 0 radical (unpaired) electrons. The highest BCUT2D eigenvalue weighted by atomic mass is 35.5. The highest BCUT2D eigenvalue weighted by Crippen LogP contribution is 2.24. The zero-order valence-electron chi connectivity index (χ0n) is 14.6. The van der Waals surface area contributed by atoms with Crippen LogP contribution in [-0.4, -0.2) is 20.6 Å². The van der Waals surface area contributed by atoms with Gasteiger partial charge in [-0.25, -0.2) is 4.79 Å². The van der Waals surface area contributed by atoms with Crippen LogP contribution in [-0.2, 0) is 6.54 Å². The summed E-state index contributed by atoms with van der Waals surface area (Å²) >= 11 is 6.25. The van der Waals surface area contributed by atoms with Crippen LogP contribution in [0, 0.1) is 6.92 Å². The first-order chi connectivity index (χ1) is 12.0. The molecular weight excluding hydrogens is 340 g/mol. The number of quaternary nitrogens is 2. The van der Waals surface area contributed by atoms with Crippen LogP contribution in [0.1, 0.15) is 22.9 Å². The summed E-state index contributed by atoms with van der Waals surface area (Å²) in [6.07, 6.45) is 1.70. The van der Waals surface area contributed by atoms with Gasteiger partial charge >= 0.3 is 5.63 Å². The summed E-state index contributed by atoms with van der Waals surface area (Å²) in [5.41, 5.74) is 2.07. The first-order valence-corrected chi connectivity index (χ1v) is 8.71. The molecule has 2 heterocycles. The molecule has 0 amide bonds. The fourth-order valence-electron chi connectivity index (χ4n) is 3.05. The third-order valence-electron chi connectivity index (χ3n) is 4.46. The maximum absolute atomic E-state index is 11.9. The lowest BCUT2D eigenvalue weighted by Crippen LogP contribution is -3.09. The Balaban J connectivity index is 1.81. The van der Waals surface area contributed by atoms with Gasteiger partial charge in [0.2, 0.25) is 0 Å². The summed E-state index contributed by atoms with van der Waals surface area (Å²) in [5.74, 6) is 0.965. The number of nitrogens with two attached hydrogens (primary N) is 1. The van der Waals surface area contributed by atoms with E-state index in [1.54, 1.807) is 12.3 Å². The molecule has 0 bridgehead atoms. The summed E-state index contributed by atoms with van der Waals surface area (Å²) < 4.78 is 10.9. The third-order valence-corrected chi connectivity index (χ3v) is 4.87. The van der Waals surface area contributed by atoms with E-state index in [1.165, 1.54) is 4.90 Å². The van der Waals surface area contributed by atoms with Crippen LogP contribution in [0.3, 0.4) is 0 Å². The van der Waals surface area contributed by atoms with Gasteiger partial charge in [-0.15, -0.1) is 0 Å². The molecule has 25 heavy (non-hydrogen) atoms. The van der Waals surface area contributed by atoms with E-state index in [-0.39, 0.29) is 11.7 Å². The molecule has 0 aliphatic carbocycles. The largest absolute Gasteiger partial charge is 0.463 e. The Morgan fingerprint density at radius 3 is 2.76 bits per heavy atom. The van der Waals surface area contributed by atoms with Crippen molar-refractivity contribution < 1.29 is 19.1 Å². The minimum Gasteiger partial charge on any atom is -0.463 e. The molecule has 0 fully saturated rings. The molecule has 0 aliphatic heterocycles. The van der Waals surface area contributed by atoms with E-state index in [1.807, 2.05) is 31.2 Å². The molecule has 0 unspecified atom stereocenters. The van der Waals surface area contributed by atoms with Crippen molar-refractivity contribution in [3.05, 3.63) is 68.9 Å². The van der Waals surface area contributed by atoms with E-state index in [0.717, 1.165) is 28.8 Å². The molecular formula is C19H23ClN2O3+2. The first-order valence-electron chi connectivity index (χ1n) is 8.33. The number of nitrogens with one attached hydrogen (secondary N) is 1. The number of hydrogen-bond donors (Lipinski definition) is 2. The molecule has 132 valence electrons. The lowest BCUT2D eigenvalue weighted by molar-refractivity contribution is -0.911. The quantitative estimate of drug-likeness (QED) is 0.650. The van der Waals surface area contributed by atoms with E-state index >= 15 is 0 Å². The van der Waals surface area contributed by atoms with Gasteiger partial charge in [0.15, 0.2) is 11.8 Å². The predicted molar refractivity (Wildman–Crippen MR) is 97.0 cm³/mol. The normalized spacial score (nSPS) is 12.8. The van der Waals surface area contributed by atoms with Crippen molar-refractivity contribution in [1.29, 1.82) is 0 Å². The standard InChI is InChI=1S/C19H21ClN2O3/c1-12-7-18-14(9-15(12)20)13(8-19(23)25-18)10-21-11-16(22(2)3)17-5-4-6-24-17/h4-9,16,21H,10-11H2,1-3H3/p+2/t16-/m1/s1. The van der Waals surface area contributed by atoms with Crippen LogP contribution in [0.5, 0.6) is 0 Å². The predicted octanol–water partition coefficient (Wildman–Crippen LogP) is 1.30. The monoisotopic (exact) mass is 362 g/mol. The minimum absolute atomic E-state index is 0.243. The molecule has 3 N–H and O–H groups in total. The van der Waals surface area contributed by atoms with E-state index in [0.29, 0.717) is 17.2 Å². The second kappa shape index (κ2) is 7.44. The summed E-state index contributed by atoms with van der Waals surface area (Å²) in [4.78, 5) is 13.2. The molecule has 2 aromatic heterocycles. The molecule has 5 nitrogen and oxygen atoms in total. The van der Waals surface area contributed by atoms with Crippen molar-refractivity contribution in [2.75, 3.05) is 20.6 Å². The number of likely N-dealkylation sites (N-methyl/N-ethyl adjacent to an activating group) is 1. The van der Waals surface area contributed by atoms with E-state index in [4.69, 9.17) is 20.4 Å². The molecule has 3 rings (SSSR count). The summed E-state index contributed by atoms with van der Waals surface area (Å²) in [6, 6.07) is 9.39. The van der Waals surface area contributed by atoms with Gasteiger partial charge in [0.05, 0.1) is 20.4 Å². The fourth-order valence-corrected chi connectivity index (χ4v) is 3.21. The van der Waals surface area contributed by atoms with Gasteiger partial charge in [-0.05, 0) is 36.8 Å². The maximum Gasteiger partial charge on any atom is 0.336 e. The third kappa shape index (κ3) is 3.95.